The number of carbonyl (C=O) groups excluding carboxylic acids is 1. The number of thiophene rings is 1. The molecule has 1 heterocycles. The van der Waals surface area contributed by atoms with E-state index in [1.807, 2.05) is 6.92 Å². The number of rotatable bonds is 7. The SMILES string of the molecule is CCCC(CNC(=O)c1sccc1OC)C(=O)O. The summed E-state index contributed by atoms with van der Waals surface area (Å²) in [6.07, 6.45) is 1.33. The molecule has 6 heteroatoms. The Morgan fingerprint density at radius 3 is 2.83 bits per heavy atom. The van der Waals surface area contributed by atoms with Crippen LogP contribution in [0.15, 0.2) is 11.4 Å². The first kappa shape index (κ1) is 14.5. The summed E-state index contributed by atoms with van der Waals surface area (Å²) in [6.45, 7) is 2.06. The molecule has 1 atom stereocenters. The highest BCUT2D eigenvalue weighted by Gasteiger charge is 2.19. The van der Waals surface area contributed by atoms with Crippen molar-refractivity contribution in [3.63, 3.8) is 0 Å². The molecule has 0 aliphatic heterocycles. The van der Waals surface area contributed by atoms with Crippen molar-refractivity contribution in [3.05, 3.63) is 16.3 Å². The van der Waals surface area contributed by atoms with Crippen LogP contribution >= 0.6 is 11.3 Å². The molecular formula is C12H17NO4S. The van der Waals surface area contributed by atoms with Gasteiger partial charge in [0.15, 0.2) is 0 Å². The van der Waals surface area contributed by atoms with Gasteiger partial charge in [-0.3, -0.25) is 9.59 Å². The van der Waals surface area contributed by atoms with E-state index in [-0.39, 0.29) is 12.5 Å². The molecular weight excluding hydrogens is 254 g/mol. The number of hydrogen-bond acceptors (Lipinski definition) is 4. The number of carbonyl (C=O) groups is 2. The first-order valence-corrected chi connectivity index (χ1v) is 6.60. The molecule has 1 unspecified atom stereocenters. The maximum absolute atomic E-state index is 11.8. The molecule has 0 aliphatic carbocycles. The number of ether oxygens (including phenoxy) is 1. The number of amides is 1. The molecule has 18 heavy (non-hydrogen) atoms. The molecule has 1 aromatic rings. The summed E-state index contributed by atoms with van der Waals surface area (Å²) >= 11 is 1.27. The smallest absolute Gasteiger partial charge is 0.308 e. The molecule has 0 radical (unpaired) electrons. The number of carboxylic acids is 1. The predicted molar refractivity (Wildman–Crippen MR) is 69.2 cm³/mol. The van der Waals surface area contributed by atoms with Gasteiger partial charge in [0.1, 0.15) is 10.6 Å². The van der Waals surface area contributed by atoms with Gasteiger partial charge in [-0.15, -0.1) is 11.3 Å². The number of carboxylic acid groups (broad SMARTS) is 1. The van der Waals surface area contributed by atoms with E-state index in [1.165, 1.54) is 18.4 Å². The van der Waals surface area contributed by atoms with Crippen molar-refractivity contribution in [1.29, 1.82) is 0 Å². The van der Waals surface area contributed by atoms with Crippen LogP contribution in [0.3, 0.4) is 0 Å². The highest BCUT2D eigenvalue weighted by atomic mass is 32.1. The van der Waals surface area contributed by atoms with Gasteiger partial charge < -0.3 is 15.2 Å². The molecule has 2 N–H and O–H groups in total. The van der Waals surface area contributed by atoms with Crippen molar-refractivity contribution >= 4 is 23.2 Å². The Morgan fingerprint density at radius 2 is 2.28 bits per heavy atom. The zero-order valence-corrected chi connectivity index (χ0v) is 11.3. The molecule has 5 nitrogen and oxygen atoms in total. The van der Waals surface area contributed by atoms with Crippen molar-refractivity contribution in [2.75, 3.05) is 13.7 Å². The fraction of sp³-hybridized carbons (Fsp3) is 0.500. The highest BCUT2D eigenvalue weighted by Crippen LogP contribution is 2.24. The number of aliphatic carboxylic acids is 1. The van der Waals surface area contributed by atoms with Gasteiger partial charge >= 0.3 is 5.97 Å². The van der Waals surface area contributed by atoms with Gasteiger partial charge in [0.2, 0.25) is 0 Å². The topological polar surface area (TPSA) is 75.6 Å². The van der Waals surface area contributed by atoms with Crippen LogP contribution in [0.25, 0.3) is 0 Å². The Labute approximate surface area is 110 Å². The van der Waals surface area contributed by atoms with Crippen molar-refractivity contribution < 1.29 is 19.4 Å². The summed E-state index contributed by atoms with van der Waals surface area (Å²) in [7, 11) is 1.50. The van der Waals surface area contributed by atoms with E-state index in [2.05, 4.69) is 5.32 Å². The monoisotopic (exact) mass is 271 g/mol. The molecule has 0 spiro atoms. The average Bonchev–Trinajstić information content (AvgIpc) is 2.81. The summed E-state index contributed by atoms with van der Waals surface area (Å²) in [4.78, 5) is 23.3. The van der Waals surface area contributed by atoms with Crippen LogP contribution in [0.2, 0.25) is 0 Å². The number of nitrogens with one attached hydrogen (secondary N) is 1. The molecule has 0 aromatic carbocycles. The minimum absolute atomic E-state index is 0.142. The van der Waals surface area contributed by atoms with E-state index >= 15 is 0 Å². The van der Waals surface area contributed by atoms with Crippen molar-refractivity contribution in [1.82, 2.24) is 5.32 Å². The van der Waals surface area contributed by atoms with Crippen LogP contribution in [0.1, 0.15) is 29.4 Å². The third kappa shape index (κ3) is 3.73. The summed E-state index contributed by atoms with van der Waals surface area (Å²) in [5, 5.41) is 13.4. The minimum atomic E-state index is -0.879. The van der Waals surface area contributed by atoms with Gasteiger partial charge in [-0.2, -0.15) is 0 Å². The molecule has 1 aromatic heterocycles. The van der Waals surface area contributed by atoms with Gasteiger partial charge in [0.05, 0.1) is 13.0 Å². The van der Waals surface area contributed by atoms with Crippen molar-refractivity contribution in [3.8, 4) is 5.75 Å². The summed E-state index contributed by atoms with van der Waals surface area (Å²) in [5.41, 5.74) is 0. The van der Waals surface area contributed by atoms with Gasteiger partial charge in [0.25, 0.3) is 5.91 Å². The summed E-state index contributed by atoms with van der Waals surface area (Å²) < 4.78 is 5.04. The molecule has 0 bridgehead atoms. The molecule has 100 valence electrons. The van der Waals surface area contributed by atoms with Crippen LogP contribution in [0.5, 0.6) is 5.75 Å². The standard InChI is InChI=1S/C12H17NO4S/c1-3-4-8(12(15)16)7-13-11(14)10-9(17-2)5-6-18-10/h5-6,8H,3-4,7H2,1-2H3,(H,13,14)(H,15,16). The summed E-state index contributed by atoms with van der Waals surface area (Å²) in [5.74, 6) is -1.19. The zero-order chi connectivity index (χ0) is 13.5. The third-order valence-electron chi connectivity index (χ3n) is 2.55. The summed E-state index contributed by atoms with van der Waals surface area (Å²) in [6, 6.07) is 1.71. The first-order valence-electron chi connectivity index (χ1n) is 5.72. The largest absolute Gasteiger partial charge is 0.495 e. The molecule has 0 aliphatic rings. The molecule has 1 rings (SSSR count). The van der Waals surface area contributed by atoms with E-state index in [0.717, 1.165) is 6.42 Å². The molecule has 0 fully saturated rings. The van der Waals surface area contributed by atoms with Crippen molar-refractivity contribution in [2.24, 2.45) is 5.92 Å². The number of hydrogen-bond donors (Lipinski definition) is 2. The van der Waals surface area contributed by atoms with Gasteiger partial charge in [-0.1, -0.05) is 13.3 Å². The lowest BCUT2D eigenvalue weighted by atomic mass is 10.0. The highest BCUT2D eigenvalue weighted by molar-refractivity contribution is 7.12. The fourth-order valence-electron chi connectivity index (χ4n) is 1.58. The van der Waals surface area contributed by atoms with E-state index in [0.29, 0.717) is 17.0 Å². The van der Waals surface area contributed by atoms with Gasteiger partial charge in [-0.05, 0) is 17.9 Å². The van der Waals surface area contributed by atoms with Crippen LogP contribution in [0, 0.1) is 5.92 Å². The van der Waals surface area contributed by atoms with Gasteiger partial charge in [0, 0.05) is 6.54 Å². The molecule has 1 amide bonds. The first-order chi connectivity index (χ1) is 8.60. The van der Waals surface area contributed by atoms with Crippen LogP contribution < -0.4 is 10.1 Å². The Morgan fingerprint density at radius 1 is 1.56 bits per heavy atom. The van der Waals surface area contributed by atoms with Crippen molar-refractivity contribution in [2.45, 2.75) is 19.8 Å². The van der Waals surface area contributed by atoms with E-state index < -0.39 is 11.9 Å². The zero-order valence-electron chi connectivity index (χ0n) is 10.4. The second-order valence-corrected chi connectivity index (χ2v) is 4.77. The fourth-order valence-corrected chi connectivity index (χ4v) is 2.36. The number of methoxy groups -OCH3 is 1. The Hall–Kier alpha value is -1.56. The van der Waals surface area contributed by atoms with Crippen LogP contribution in [0.4, 0.5) is 0 Å². The lowest BCUT2D eigenvalue weighted by Crippen LogP contribution is -2.32. The van der Waals surface area contributed by atoms with Crippen LogP contribution in [-0.2, 0) is 4.79 Å². The Bertz CT molecular complexity index is 416. The third-order valence-corrected chi connectivity index (χ3v) is 3.45. The Kier molecular flexibility index (Phi) is 5.64. The maximum Gasteiger partial charge on any atom is 0.308 e. The maximum atomic E-state index is 11.8. The van der Waals surface area contributed by atoms with E-state index in [4.69, 9.17) is 9.84 Å². The lowest BCUT2D eigenvalue weighted by molar-refractivity contribution is -0.141. The molecule has 0 saturated carbocycles. The predicted octanol–water partition coefficient (Wildman–Crippen LogP) is 1.99. The molecule has 0 saturated heterocycles. The quantitative estimate of drug-likeness (QED) is 0.795. The lowest BCUT2D eigenvalue weighted by Gasteiger charge is -2.12. The van der Waals surface area contributed by atoms with E-state index in [9.17, 15) is 9.59 Å². The van der Waals surface area contributed by atoms with E-state index in [1.54, 1.807) is 11.4 Å². The van der Waals surface area contributed by atoms with Gasteiger partial charge in [-0.25, -0.2) is 0 Å². The Balaban J connectivity index is 2.57. The second-order valence-electron chi connectivity index (χ2n) is 3.85. The average molecular weight is 271 g/mol. The normalized spacial score (nSPS) is 11.9. The minimum Gasteiger partial charge on any atom is -0.495 e. The second kappa shape index (κ2) is 7.00. The van der Waals surface area contributed by atoms with Crippen LogP contribution in [-0.4, -0.2) is 30.6 Å².